The smallest absolute Gasteiger partial charge is 0.303 e. The number of amides is 2. The number of carbonyl (C=O) groups is 4. The van der Waals surface area contributed by atoms with Crippen LogP contribution in [0.25, 0.3) is 0 Å². The van der Waals surface area contributed by atoms with E-state index in [1.54, 1.807) is 0 Å². The van der Waals surface area contributed by atoms with Crippen LogP contribution >= 0.6 is 0 Å². The third-order valence-corrected chi connectivity index (χ3v) is 6.06. The molecule has 2 rings (SSSR count). The molecule has 0 atom stereocenters. The van der Waals surface area contributed by atoms with E-state index in [-0.39, 0.29) is 50.3 Å². The van der Waals surface area contributed by atoms with Gasteiger partial charge in [-0.1, -0.05) is 0 Å². The van der Waals surface area contributed by atoms with Crippen molar-refractivity contribution in [1.29, 1.82) is 0 Å². The van der Waals surface area contributed by atoms with Crippen molar-refractivity contribution in [2.24, 2.45) is 0 Å². The van der Waals surface area contributed by atoms with Gasteiger partial charge in [0.15, 0.2) is 0 Å². The standard InChI is InChI=1S/C22H42N8O6/c31-17(3-1-5-19(33)34)29-21-13-23-7-9-25-15-22(28-12-11-27-21,16-26-10-8-24-14-21)30-18(32)4-2-6-20(35)36/h23-28H,1-16H2,(H,29,31)(H,30,32)(H,33,34)(H,35,36). The van der Waals surface area contributed by atoms with Crippen LogP contribution in [0.3, 0.4) is 0 Å². The molecule has 36 heavy (non-hydrogen) atoms. The summed E-state index contributed by atoms with van der Waals surface area (Å²) in [5.74, 6) is -2.30. The molecule has 0 radical (unpaired) electrons. The number of hydrogen-bond donors (Lipinski definition) is 10. The average molecular weight is 515 g/mol. The lowest BCUT2D eigenvalue weighted by Crippen LogP contribution is -2.73. The molecule has 14 nitrogen and oxygen atoms in total. The minimum Gasteiger partial charge on any atom is -0.481 e. The van der Waals surface area contributed by atoms with Crippen LogP contribution < -0.4 is 42.5 Å². The summed E-state index contributed by atoms with van der Waals surface area (Å²) in [4.78, 5) is 46.9. The fraction of sp³-hybridized carbons (Fsp3) is 0.818. The van der Waals surface area contributed by atoms with E-state index in [4.69, 9.17) is 10.2 Å². The van der Waals surface area contributed by atoms with Crippen LogP contribution in [-0.2, 0) is 19.2 Å². The molecule has 0 aromatic heterocycles. The predicted molar refractivity (Wildman–Crippen MR) is 132 cm³/mol. The van der Waals surface area contributed by atoms with Gasteiger partial charge in [-0.3, -0.25) is 29.8 Å². The zero-order chi connectivity index (χ0) is 26.3. The van der Waals surface area contributed by atoms with Crippen molar-refractivity contribution in [1.82, 2.24) is 42.5 Å². The van der Waals surface area contributed by atoms with Gasteiger partial charge in [0, 0.05) is 91.1 Å². The molecule has 0 aromatic carbocycles. The minimum absolute atomic E-state index is 0.0598. The number of aliphatic carboxylic acids is 2. The third kappa shape index (κ3) is 11.6. The first-order valence-electron chi connectivity index (χ1n) is 12.6. The maximum Gasteiger partial charge on any atom is 0.303 e. The first-order valence-corrected chi connectivity index (χ1v) is 12.6. The van der Waals surface area contributed by atoms with Gasteiger partial charge in [-0.2, -0.15) is 0 Å². The summed E-state index contributed by atoms with van der Waals surface area (Å²) in [7, 11) is 0. The van der Waals surface area contributed by atoms with Gasteiger partial charge in [0.05, 0.1) is 0 Å². The van der Waals surface area contributed by atoms with Crippen molar-refractivity contribution in [2.45, 2.75) is 49.9 Å². The molecular weight excluding hydrogens is 472 g/mol. The Morgan fingerprint density at radius 1 is 0.556 bits per heavy atom. The van der Waals surface area contributed by atoms with Gasteiger partial charge < -0.3 is 42.1 Å². The Labute approximate surface area is 211 Å². The second-order valence-electron chi connectivity index (χ2n) is 9.32. The summed E-state index contributed by atoms with van der Waals surface area (Å²) >= 11 is 0. The molecule has 2 saturated heterocycles. The fourth-order valence-corrected chi connectivity index (χ4v) is 4.26. The lowest BCUT2D eigenvalue weighted by molar-refractivity contribution is -0.138. The summed E-state index contributed by atoms with van der Waals surface area (Å²) in [6, 6.07) is 0. The summed E-state index contributed by atoms with van der Waals surface area (Å²) in [6.45, 7) is 5.29. The second-order valence-corrected chi connectivity index (χ2v) is 9.32. The number of hydrogen-bond acceptors (Lipinski definition) is 10. The highest BCUT2D eigenvalue weighted by Gasteiger charge is 2.34. The Kier molecular flexibility index (Phi) is 13.0. The summed E-state index contributed by atoms with van der Waals surface area (Å²) in [5, 5.41) is 44.2. The van der Waals surface area contributed by atoms with Crippen molar-refractivity contribution in [3.05, 3.63) is 0 Å². The Morgan fingerprint density at radius 2 is 0.889 bits per heavy atom. The molecule has 0 spiro atoms. The molecule has 2 aliphatic rings. The van der Waals surface area contributed by atoms with Gasteiger partial charge in [0.25, 0.3) is 0 Å². The molecule has 2 fully saturated rings. The zero-order valence-corrected chi connectivity index (χ0v) is 20.8. The van der Waals surface area contributed by atoms with Gasteiger partial charge >= 0.3 is 11.9 Å². The number of nitrogens with one attached hydrogen (secondary N) is 8. The third-order valence-electron chi connectivity index (χ3n) is 6.06. The van der Waals surface area contributed by atoms with E-state index in [0.29, 0.717) is 65.4 Å². The maximum atomic E-state index is 12.6. The number of carboxylic acid groups (broad SMARTS) is 2. The highest BCUT2D eigenvalue weighted by molar-refractivity contribution is 5.78. The Morgan fingerprint density at radius 3 is 1.19 bits per heavy atom. The van der Waals surface area contributed by atoms with E-state index in [2.05, 4.69) is 42.5 Å². The molecule has 0 unspecified atom stereocenters. The lowest BCUT2D eigenvalue weighted by atomic mass is 10.1. The van der Waals surface area contributed by atoms with E-state index >= 15 is 0 Å². The first kappa shape index (κ1) is 29.9. The molecule has 0 saturated carbocycles. The van der Waals surface area contributed by atoms with Crippen molar-refractivity contribution in [3.8, 4) is 0 Å². The van der Waals surface area contributed by atoms with Gasteiger partial charge in [-0.25, -0.2) is 0 Å². The van der Waals surface area contributed by atoms with Crippen molar-refractivity contribution in [3.63, 3.8) is 0 Å². The summed E-state index contributed by atoms with van der Waals surface area (Å²) in [6.07, 6.45) is 0.651. The van der Waals surface area contributed by atoms with Gasteiger partial charge in [-0.15, -0.1) is 0 Å². The van der Waals surface area contributed by atoms with Crippen LogP contribution in [0, 0.1) is 0 Å². The van der Waals surface area contributed by atoms with Crippen molar-refractivity contribution < 1.29 is 29.4 Å². The maximum absolute atomic E-state index is 12.6. The number of rotatable bonds is 10. The van der Waals surface area contributed by atoms with Crippen LogP contribution in [0.15, 0.2) is 0 Å². The topological polar surface area (TPSA) is 205 Å². The predicted octanol–water partition coefficient (Wildman–Crippen LogP) is -3.31. The minimum atomic E-state index is -0.928. The van der Waals surface area contributed by atoms with E-state index in [9.17, 15) is 19.2 Å². The molecule has 206 valence electrons. The van der Waals surface area contributed by atoms with Crippen LogP contribution in [0.4, 0.5) is 0 Å². The average Bonchev–Trinajstić information content (AvgIpc) is 2.79. The van der Waals surface area contributed by atoms with E-state index in [1.165, 1.54) is 0 Å². The van der Waals surface area contributed by atoms with Crippen LogP contribution in [-0.4, -0.2) is 111 Å². The fourth-order valence-electron chi connectivity index (χ4n) is 4.26. The van der Waals surface area contributed by atoms with Crippen molar-refractivity contribution in [2.75, 3.05) is 65.4 Å². The SMILES string of the molecule is O=C(O)CCCC(=O)NC12CNCCNCC(NC(=O)CCCC(=O)O)(CNCCNC1)NCCN2. The largest absolute Gasteiger partial charge is 0.481 e. The van der Waals surface area contributed by atoms with E-state index < -0.39 is 23.3 Å². The quantitative estimate of drug-likeness (QED) is 0.139. The van der Waals surface area contributed by atoms with Crippen LogP contribution in [0.5, 0.6) is 0 Å². The van der Waals surface area contributed by atoms with Crippen LogP contribution in [0.2, 0.25) is 0 Å². The van der Waals surface area contributed by atoms with E-state index in [1.807, 2.05) is 0 Å². The van der Waals surface area contributed by atoms with Crippen LogP contribution in [0.1, 0.15) is 38.5 Å². The number of fused-ring (bicyclic) bond motifs is 5. The molecule has 10 N–H and O–H groups in total. The molecular formula is C22H42N8O6. The Hall–Kier alpha value is -2.36. The molecule has 0 aliphatic carbocycles. The second kappa shape index (κ2) is 15.7. The molecule has 2 bridgehead atoms. The Bertz CT molecular complexity index is 661. The highest BCUT2D eigenvalue weighted by atomic mass is 16.4. The summed E-state index contributed by atoms with van der Waals surface area (Å²) < 4.78 is 0. The lowest BCUT2D eigenvalue weighted by Gasteiger charge is -2.41. The normalized spacial score (nSPS) is 26.1. The highest BCUT2D eigenvalue weighted by Crippen LogP contribution is 2.06. The molecule has 2 amide bonds. The van der Waals surface area contributed by atoms with Gasteiger partial charge in [0.2, 0.25) is 11.8 Å². The van der Waals surface area contributed by atoms with Crippen molar-refractivity contribution >= 4 is 23.8 Å². The van der Waals surface area contributed by atoms with Gasteiger partial charge in [-0.05, 0) is 12.8 Å². The zero-order valence-electron chi connectivity index (χ0n) is 20.8. The molecule has 2 aliphatic heterocycles. The number of carboxylic acids is 2. The molecule has 2 heterocycles. The monoisotopic (exact) mass is 514 g/mol. The first-order chi connectivity index (χ1) is 17.2. The molecule has 14 heteroatoms. The molecule has 0 aromatic rings. The number of carbonyl (C=O) groups excluding carboxylic acids is 2. The van der Waals surface area contributed by atoms with Gasteiger partial charge in [0.1, 0.15) is 11.3 Å². The summed E-state index contributed by atoms with van der Waals surface area (Å²) in [5.41, 5.74) is -1.58. The van der Waals surface area contributed by atoms with E-state index in [0.717, 1.165) is 0 Å². The Balaban J connectivity index is 2.10.